The van der Waals surface area contributed by atoms with E-state index in [2.05, 4.69) is 0 Å². The van der Waals surface area contributed by atoms with Gasteiger partial charge in [0.05, 0.1) is 6.54 Å². The molecule has 7 nitrogen and oxygen atoms in total. The zero-order valence-corrected chi connectivity index (χ0v) is 12.3. The minimum atomic E-state index is -0.475. The lowest BCUT2D eigenvalue weighted by molar-refractivity contribution is -0.141. The topological polar surface area (TPSA) is 107 Å². The molecular formula is C14H25N3O4. The number of aliphatic hydroxyl groups is 2. The molecule has 1 unspecified atom stereocenters. The second kappa shape index (κ2) is 6.72. The Morgan fingerprint density at radius 1 is 1.14 bits per heavy atom. The van der Waals surface area contributed by atoms with Crippen molar-refractivity contribution in [3.05, 3.63) is 0 Å². The van der Waals surface area contributed by atoms with Crippen LogP contribution in [0, 0.1) is 11.3 Å². The van der Waals surface area contributed by atoms with Crippen LogP contribution in [0.25, 0.3) is 0 Å². The largest absolute Gasteiger partial charge is 0.396 e. The monoisotopic (exact) mass is 299 g/mol. The lowest BCUT2D eigenvalue weighted by Crippen LogP contribution is -2.55. The lowest BCUT2D eigenvalue weighted by Gasteiger charge is -2.51. The first-order valence-corrected chi connectivity index (χ1v) is 7.51. The van der Waals surface area contributed by atoms with E-state index in [1.54, 1.807) is 4.90 Å². The van der Waals surface area contributed by atoms with Crippen molar-refractivity contribution in [2.75, 3.05) is 45.9 Å². The number of likely N-dealkylation sites (tertiary alicyclic amines) is 2. The van der Waals surface area contributed by atoms with Crippen LogP contribution < -0.4 is 5.73 Å². The Kier molecular flexibility index (Phi) is 5.18. The van der Waals surface area contributed by atoms with Crippen molar-refractivity contribution < 1.29 is 19.8 Å². The predicted octanol–water partition coefficient (Wildman–Crippen LogP) is -1.61. The molecular weight excluding hydrogens is 274 g/mol. The fourth-order valence-corrected chi connectivity index (χ4v) is 3.73. The standard InChI is InChI=1S/C14H25N3O4/c15-12(20)8-16-4-1-14(2-5-16)3-6-17(13(21)10-19)7-11(14)9-18/h11,18-19H,1-10H2,(H2,15,20). The van der Waals surface area contributed by atoms with Crippen molar-refractivity contribution in [1.82, 2.24) is 9.80 Å². The van der Waals surface area contributed by atoms with Crippen LogP contribution in [-0.2, 0) is 9.59 Å². The average molecular weight is 299 g/mol. The van der Waals surface area contributed by atoms with E-state index in [9.17, 15) is 14.7 Å². The minimum absolute atomic E-state index is 0.0368. The first-order valence-electron chi connectivity index (χ1n) is 7.51. The molecule has 0 aromatic rings. The molecule has 1 spiro atoms. The van der Waals surface area contributed by atoms with E-state index in [0.717, 1.165) is 32.4 Å². The van der Waals surface area contributed by atoms with E-state index in [0.29, 0.717) is 13.1 Å². The fraction of sp³-hybridized carbons (Fsp3) is 0.857. The first kappa shape index (κ1) is 16.2. The third kappa shape index (κ3) is 3.53. The van der Waals surface area contributed by atoms with Crippen LogP contribution in [0.3, 0.4) is 0 Å². The summed E-state index contributed by atoms with van der Waals surface area (Å²) in [7, 11) is 0. The molecule has 2 amide bonds. The van der Waals surface area contributed by atoms with Gasteiger partial charge >= 0.3 is 0 Å². The number of carbonyl (C=O) groups excluding carboxylic acids is 2. The number of rotatable bonds is 4. The number of nitrogens with two attached hydrogens (primary N) is 1. The fourth-order valence-electron chi connectivity index (χ4n) is 3.73. The summed E-state index contributed by atoms with van der Waals surface area (Å²) in [6.07, 6.45) is 2.66. The molecule has 0 aromatic carbocycles. The highest BCUT2D eigenvalue weighted by molar-refractivity contribution is 5.77. The molecule has 1 atom stereocenters. The number of hydrogen-bond donors (Lipinski definition) is 3. The van der Waals surface area contributed by atoms with Crippen LogP contribution in [0.2, 0.25) is 0 Å². The van der Waals surface area contributed by atoms with Gasteiger partial charge in [-0.15, -0.1) is 0 Å². The Bertz CT molecular complexity index is 394. The molecule has 2 saturated heterocycles. The number of piperidine rings is 2. The zero-order valence-electron chi connectivity index (χ0n) is 12.3. The van der Waals surface area contributed by atoms with Crippen molar-refractivity contribution in [3.63, 3.8) is 0 Å². The molecule has 4 N–H and O–H groups in total. The zero-order chi connectivity index (χ0) is 15.5. The molecule has 120 valence electrons. The van der Waals surface area contributed by atoms with Crippen molar-refractivity contribution in [3.8, 4) is 0 Å². The molecule has 0 aromatic heterocycles. The van der Waals surface area contributed by atoms with Gasteiger partial charge in [0.25, 0.3) is 0 Å². The maximum Gasteiger partial charge on any atom is 0.248 e. The summed E-state index contributed by atoms with van der Waals surface area (Å²) >= 11 is 0. The molecule has 2 fully saturated rings. The van der Waals surface area contributed by atoms with Gasteiger partial charge in [-0.25, -0.2) is 0 Å². The summed E-state index contributed by atoms with van der Waals surface area (Å²) in [6.45, 7) is 2.59. The summed E-state index contributed by atoms with van der Waals surface area (Å²) in [4.78, 5) is 26.3. The maximum atomic E-state index is 11.6. The second-order valence-electron chi connectivity index (χ2n) is 6.23. The van der Waals surface area contributed by atoms with Gasteiger partial charge in [0.15, 0.2) is 0 Å². The Morgan fingerprint density at radius 2 is 1.76 bits per heavy atom. The summed E-state index contributed by atoms with van der Waals surface area (Å²) in [5.41, 5.74) is 5.26. The van der Waals surface area contributed by atoms with E-state index < -0.39 is 6.61 Å². The maximum absolute atomic E-state index is 11.6. The highest BCUT2D eigenvalue weighted by Gasteiger charge is 2.45. The van der Waals surface area contributed by atoms with Crippen molar-refractivity contribution in [2.45, 2.75) is 19.3 Å². The first-order chi connectivity index (χ1) is 10.0. The summed E-state index contributed by atoms with van der Waals surface area (Å²) in [6, 6.07) is 0. The van der Waals surface area contributed by atoms with Gasteiger partial charge in [0.1, 0.15) is 6.61 Å². The SMILES string of the molecule is NC(=O)CN1CCC2(CC1)CCN(C(=O)CO)CC2CO. The van der Waals surface area contributed by atoms with Crippen LogP contribution >= 0.6 is 0 Å². The number of amides is 2. The quantitative estimate of drug-likeness (QED) is 0.579. The number of nitrogens with zero attached hydrogens (tertiary/aromatic N) is 2. The van der Waals surface area contributed by atoms with Gasteiger partial charge in [-0.3, -0.25) is 14.5 Å². The molecule has 0 saturated carbocycles. The molecule has 0 aliphatic carbocycles. The van der Waals surface area contributed by atoms with E-state index in [1.807, 2.05) is 4.90 Å². The number of aliphatic hydroxyl groups excluding tert-OH is 2. The van der Waals surface area contributed by atoms with Crippen LogP contribution in [0.4, 0.5) is 0 Å². The molecule has 2 rings (SSSR count). The third-order valence-electron chi connectivity index (χ3n) is 5.13. The van der Waals surface area contributed by atoms with E-state index in [-0.39, 0.29) is 36.3 Å². The lowest BCUT2D eigenvalue weighted by atomic mass is 9.64. The van der Waals surface area contributed by atoms with Gasteiger partial charge in [-0.1, -0.05) is 0 Å². The van der Waals surface area contributed by atoms with Crippen LogP contribution in [0.5, 0.6) is 0 Å². The van der Waals surface area contributed by atoms with Crippen LogP contribution in [0.1, 0.15) is 19.3 Å². The molecule has 0 bridgehead atoms. The third-order valence-corrected chi connectivity index (χ3v) is 5.13. The van der Waals surface area contributed by atoms with E-state index >= 15 is 0 Å². The van der Waals surface area contributed by atoms with Gasteiger partial charge in [-0.2, -0.15) is 0 Å². The summed E-state index contributed by atoms with van der Waals surface area (Å²) in [5.74, 6) is -0.542. The molecule has 0 radical (unpaired) electrons. The van der Waals surface area contributed by atoms with Crippen LogP contribution in [0.15, 0.2) is 0 Å². The Hall–Kier alpha value is -1.18. The average Bonchev–Trinajstić information content (AvgIpc) is 2.49. The number of carbonyl (C=O) groups is 2. The summed E-state index contributed by atoms with van der Waals surface area (Å²) in [5, 5.41) is 18.7. The molecule has 2 aliphatic heterocycles. The summed E-state index contributed by atoms with van der Waals surface area (Å²) < 4.78 is 0. The minimum Gasteiger partial charge on any atom is -0.396 e. The Labute approximate surface area is 124 Å². The van der Waals surface area contributed by atoms with Gasteiger partial charge < -0.3 is 20.8 Å². The number of hydrogen-bond acceptors (Lipinski definition) is 5. The molecule has 2 aliphatic rings. The normalized spacial score (nSPS) is 26.0. The van der Waals surface area contributed by atoms with Crippen molar-refractivity contribution in [1.29, 1.82) is 0 Å². The Morgan fingerprint density at radius 3 is 2.29 bits per heavy atom. The smallest absolute Gasteiger partial charge is 0.248 e. The van der Waals surface area contributed by atoms with Crippen molar-refractivity contribution >= 4 is 11.8 Å². The van der Waals surface area contributed by atoms with Crippen LogP contribution in [-0.4, -0.2) is 77.8 Å². The van der Waals surface area contributed by atoms with Crippen molar-refractivity contribution in [2.24, 2.45) is 17.1 Å². The van der Waals surface area contributed by atoms with E-state index in [1.165, 1.54) is 0 Å². The number of primary amides is 1. The molecule has 21 heavy (non-hydrogen) atoms. The highest BCUT2D eigenvalue weighted by Crippen LogP contribution is 2.45. The second-order valence-corrected chi connectivity index (χ2v) is 6.23. The van der Waals surface area contributed by atoms with Gasteiger partial charge in [0, 0.05) is 25.6 Å². The Balaban J connectivity index is 1.97. The molecule has 7 heteroatoms. The van der Waals surface area contributed by atoms with E-state index in [4.69, 9.17) is 10.8 Å². The highest BCUT2D eigenvalue weighted by atomic mass is 16.3. The van der Waals surface area contributed by atoms with Gasteiger partial charge in [0.2, 0.25) is 11.8 Å². The predicted molar refractivity (Wildman–Crippen MR) is 76.2 cm³/mol. The molecule has 2 heterocycles. The van der Waals surface area contributed by atoms with Gasteiger partial charge in [-0.05, 0) is 37.8 Å².